The molecule has 0 aliphatic rings. The third-order valence-electron chi connectivity index (χ3n) is 2.24. The molecule has 0 bridgehead atoms. The van der Waals surface area contributed by atoms with Crippen molar-refractivity contribution in [2.24, 2.45) is 7.05 Å². The van der Waals surface area contributed by atoms with Gasteiger partial charge in [0.05, 0.1) is 6.67 Å². The van der Waals surface area contributed by atoms with Crippen LogP contribution in [0.2, 0.25) is 0 Å². The van der Waals surface area contributed by atoms with Gasteiger partial charge in [-0.1, -0.05) is 0 Å². The van der Waals surface area contributed by atoms with E-state index in [0.29, 0.717) is 0 Å². The molecule has 0 amide bonds. The van der Waals surface area contributed by atoms with Crippen LogP contribution in [0.1, 0.15) is 23.4 Å². The second-order valence-corrected chi connectivity index (χ2v) is 3.59. The summed E-state index contributed by atoms with van der Waals surface area (Å²) in [5.74, 6) is 0. The Morgan fingerprint density at radius 2 is 1.61 bits per heavy atom. The van der Waals surface area contributed by atoms with Gasteiger partial charge in [0.2, 0.25) is 0 Å². The smallest absolute Gasteiger partial charge is 0.263 e. The van der Waals surface area contributed by atoms with Crippen LogP contribution in [0.15, 0.2) is 0 Å². The first-order valence-electron chi connectivity index (χ1n) is 4.85. The molecule has 0 aromatic carbocycles. The molecule has 1 rings (SSSR count). The first-order valence-corrected chi connectivity index (χ1v) is 4.85. The van der Waals surface area contributed by atoms with Gasteiger partial charge in [0.15, 0.2) is 5.69 Å². The van der Waals surface area contributed by atoms with Gasteiger partial charge in [0.1, 0.15) is 5.69 Å². The van der Waals surface area contributed by atoms with E-state index in [1.807, 2.05) is 0 Å². The van der Waals surface area contributed by atoms with Crippen LogP contribution in [0.3, 0.4) is 0 Å². The zero-order chi connectivity index (χ0) is 14.1. The minimum atomic E-state index is -4.99. The van der Waals surface area contributed by atoms with Gasteiger partial charge in [-0.25, -0.2) is 0 Å². The lowest BCUT2D eigenvalue weighted by Gasteiger charge is -2.10. The number of nitrogens with zero attached hydrogens (tertiary/aromatic N) is 2. The number of rotatable bonds is 3. The van der Waals surface area contributed by atoms with E-state index in [-0.39, 0.29) is 4.68 Å². The van der Waals surface area contributed by atoms with Crippen LogP contribution in [0.4, 0.5) is 30.7 Å². The van der Waals surface area contributed by atoms with E-state index >= 15 is 0 Å². The summed E-state index contributed by atoms with van der Waals surface area (Å²) in [5, 5.41) is 2.85. The number of hydrogen-bond acceptors (Lipinski definition) is 1. The largest absolute Gasteiger partial charge is 0.435 e. The molecule has 0 unspecified atom stereocenters. The minimum absolute atomic E-state index is 0.135. The second-order valence-electron chi connectivity index (χ2n) is 3.59. The average Bonchev–Trinajstić information content (AvgIpc) is 2.50. The fraction of sp³-hybridized carbons (Fsp3) is 0.667. The summed E-state index contributed by atoms with van der Waals surface area (Å²) in [5.41, 5.74) is -4.09. The van der Waals surface area contributed by atoms with E-state index in [9.17, 15) is 30.7 Å². The van der Waals surface area contributed by atoms with Crippen LogP contribution in [0.25, 0.3) is 0 Å². The van der Waals surface area contributed by atoms with E-state index in [1.165, 1.54) is 0 Å². The Kier molecular flexibility index (Phi) is 3.92. The van der Waals surface area contributed by atoms with Crippen molar-refractivity contribution in [2.75, 3.05) is 6.67 Å². The summed E-state index contributed by atoms with van der Waals surface area (Å²) in [6, 6.07) is 0. The zero-order valence-electron chi connectivity index (χ0n) is 9.16. The van der Waals surface area contributed by atoms with Gasteiger partial charge in [-0.15, -0.1) is 0 Å². The molecule has 0 spiro atoms. The van der Waals surface area contributed by atoms with Crippen LogP contribution in [-0.2, 0) is 25.8 Å². The van der Waals surface area contributed by atoms with Gasteiger partial charge in [0, 0.05) is 12.6 Å². The first-order chi connectivity index (χ1) is 8.09. The van der Waals surface area contributed by atoms with Crippen LogP contribution < -0.4 is 0 Å². The van der Waals surface area contributed by atoms with Crippen molar-refractivity contribution in [3.63, 3.8) is 0 Å². The summed E-state index contributed by atoms with van der Waals surface area (Å²) in [7, 11) is 0.775. The topological polar surface area (TPSA) is 17.8 Å². The van der Waals surface area contributed by atoms with E-state index in [0.717, 1.165) is 7.05 Å². The predicted molar refractivity (Wildman–Crippen MR) is 47.5 cm³/mol. The summed E-state index contributed by atoms with van der Waals surface area (Å²) < 4.78 is 87.5. The van der Waals surface area contributed by atoms with E-state index in [2.05, 4.69) is 5.10 Å². The minimum Gasteiger partial charge on any atom is -0.263 e. The van der Waals surface area contributed by atoms with Crippen LogP contribution in [0.5, 0.6) is 0 Å². The molecule has 0 atom stereocenters. The van der Waals surface area contributed by atoms with E-state index in [4.69, 9.17) is 0 Å². The highest BCUT2D eigenvalue weighted by molar-refractivity contribution is 5.30. The molecule has 104 valence electrons. The monoisotopic (exact) mass is 278 g/mol. The third-order valence-corrected chi connectivity index (χ3v) is 2.24. The normalized spacial score (nSPS) is 13.1. The highest BCUT2D eigenvalue weighted by Gasteiger charge is 2.45. The molecule has 1 heterocycles. The lowest BCUT2D eigenvalue weighted by atomic mass is 10.1. The summed E-state index contributed by atoms with van der Waals surface area (Å²) in [4.78, 5) is 0. The van der Waals surface area contributed by atoms with E-state index < -0.39 is 48.8 Å². The van der Waals surface area contributed by atoms with Gasteiger partial charge in [-0.3, -0.25) is 9.07 Å². The third kappa shape index (κ3) is 2.94. The maximum atomic E-state index is 12.6. The standard InChI is InChI=1S/C9H9F7N2/c1-18-7(9(14,15)16)5(3-2-4-10)6(17-18)8(11,12)13/h2-4H2,1H3. The Bertz CT molecular complexity index is 416. The van der Waals surface area contributed by atoms with Crippen LogP contribution in [0, 0.1) is 0 Å². The molecule has 2 nitrogen and oxygen atoms in total. The van der Waals surface area contributed by atoms with Crippen molar-refractivity contribution in [1.29, 1.82) is 0 Å². The van der Waals surface area contributed by atoms with Crippen molar-refractivity contribution in [1.82, 2.24) is 9.78 Å². The number of aromatic nitrogens is 2. The maximum Gasteiger partial charge on any atom is 0.435 e. The van der Waals surface area contributed by atoms with Crippen LogP contribution >= 0.6 is 0 Å². The SMILES string of the molecule is Cn1nc(C(F)(F)F)c(CCCF)c1C(F)(F)F. The number of alkyl halides is 7. The molecule has 0 radical (unpaired) electrons. The van der Waals surface area contributed by atoms with Gasteiger partial charge in [0.25, 0.3) is 0 Å². The first kappa shape index (κ1) is 14.8. The summed E-state index contributed by atoms with van der Waals surface area (Å²) in [6.45, 7) is -0.997. The fourth-order valence-corrected chi connectivity index (χ4v) is 1.63. The number of aryl methyl sites for hydroxylation is 1. The molecule has 1 aromatic rings. The van der Waals surface area contributed by atoms with Gasteiger partial charge in [-0.05, 0) is 12.8 Å². The Labute approximate surface area is 97.4 Å². The summed E-state index contributed by atoms with van der Waals surface area (Å²) in [6.07, 6.45) is -11.0. The predicted octanol–water partition coefficient (Wildman–Crippen LogP) is 3.36. The maximum absolute atomic E-state index is 12.6. The van der Waals surface area contributed by atoms with Crippen molar-refractivity contribution < 1.29 is 30.7 Å². The molecule has 0 N–H and O–H groups in total. The Morgan fingerprint density at radius 3 is 2.00 bits per heavy atom. The molecular weight excluding hydrogens is 269 g/mol. The van der Waals surface area contributed by atoms with Crippen LogP contribution in [-0.4, -0.2) is 16.5 Å². The zero-order valence-corrected chi connectivity index (χ0v) is 9.16. The van der Waals surface area contributed by atoms with Gasteiger partial charge >= 0.3 is 12.4 Å². The molecule has 18 heavy (non-hydrogen) atoms. The Hall–Kier alpha value is -1.28. The van der Waals surface area contributed by atoms with Gasteiger partial charge < -0.3 is 0 Å². The molecule has 0 saturated heterocycles. The fourth-order valence-electron chi connectivity index (χ4n) is 1.63. The molecule has 0 saturated carbocycles. The average molecular weight is 278 g/mol. The Balaban J connectivity index is 3.38. The lowest BCUT2D eigenvalue weighted by molar-refractivity contribution is -0.145. The number of halogens is 7. The molecule has 0 aliphatic heterocycles. The second kappa shape index (κ2) is 4.77. The van der Waals surface area contributed by atoms with Crippen molar-refractivity contribution in [3.8, 4) is 0 Å². The van der Waals surface area contributed by atoms with Crippen molar-refractivity contribution in [2.45, 2.75) is 25.2 Å². The van der Waals surface area contributed by atoms with Gasteiger partial charge in [-0.2, -0.15) is 31.4 Å². The van der Waals surface area contributed by atoms with Crippen molar-refractivity contribution >= 4 is 0 Å². The molecule has 1 aromatic heterocycles. The Morgan fingerprint density at radius 1 is 1.06 bits per heavy atom. The lowest BCUT2D eigenvalue weighted by Crippen LogP contribution is -2.15. The van der Waals surface area contributed by atoms with E-state index in [1.54, 1.807) is 0 Å². The molecule has 0 aliphatic carbocycles. The number of hydrogen-bond donors (Lipinski definition) is 0. The summed E-state index contributed by atoms with van der Waals surface area (Å²) >= 11 is 0. The molecule has 0 fully saturated rings. The highest BCUT2D eigenvalue weighted by Crippen LogP contribution is 2.39. The molecule has 9 heteroatoms. The highest BCUT2D eigenvalue weighted by atomic mass is 19.4. The molecular formula is C9H9F7N2. The van der Waals surface area contributed by atoms with Crippen molar-refractivity contribution in [3.05, 3.63) is 17.0 Å². The quantitative estimate of drug-likeness (QED) is 0.775.